The SMILES string of the molecule is C[C@@H]1COCCN1c1cc([C@@H]2CCCS2(=O)=O)nc(-n2c(CF)nc3ccccc32)n1. The molecule has 0 amide bonds. The van der Waals surface area contributed by atoms with E-state index in [1.165, 1.54) is 0 Å². The number of imidazole rings is 1. The van der Waals surface area contributed by atoms with Crippen LogP contribution in [0.15, 0.2) is 30.3 Å². The van der Waals surface area contributed by atoms with Crippen molar-refractivity contribution in [2.45, 2.75) is 37.7 Å². The van der Waals surface area contributed by atoms with Crippen LogP contribution in [-0.4, -0.2) is 59.5 Å². The van der Waals surface area contributed by atoms with Crippen LogP contribution in [-0.2, 0) is 21.2 Å². The largest absolute Gasteiger partial charge is 0.377 e. The van der Waals surface area contributed by atoms with Gasteiger partial charge < -0.3 is 9.64 Å². The van der Waals surface area contributed by atoms with E-state index in [1.807, 2.05) is 25.1 Å². The van der Waals surface area contributed by atoms with Crippen molar-refractivity contribution in [3.63, 3.8) is 0 Å². The maximum Gasteiger partial charge on any atom is 0.237 e. The maximum atomic E-state index is 13.9. The van der Waals surface area contributed by atoms with Gasteiger partial charge in [-0.25, -0.2) is 22.8 Å². The number of para-hydroxylation sites is 2. The summed E-state index contributed by atoms with van der Waals surface area (Å²) in [6.07, 6.45) is 1.14. The molecule has 2 aromatic heterocycles. The summed E-state index contributed by atoms with van der Waals surface area (Å²) in [7, 11) is -3.28. The highest BCUT2D eigenvalue weighted by Gasteiger charge is 2.35. The fraction of sp³-hybridized carbons (Fsp3) is 0.476. The number of benzene rings is 1. The second-order valence-corrected chi connectivity index (χ2v) is 10.4. The molecule has 164 valence electrons. The van der Waals surface area contributed by atoms with Crippen LogP contribution >= 0.6 is 0 Å². The summed E-state index contributed by atoms with van der Waals surface area (Å²) in [5.41, 5.74) is 1.78. The van der Waals surface area contributed by atoms with Gasteiger partial charge >= 0.3 is 0 Å². The van der Waals surface area contributed by atoms with E-state index in [9.17, 15) is 12.8 Å². The normalized spacial score (nSPS) is 23.5. The number of alkyl halides is 1. The van der Waals surface area contributed by atoms with Crippen LogP contribution in [0.1, 0.15) is 36.5 Å². The lowest BCUT2D eigenvalue weighted by Crippen LogP contribution is -2.44. The van der Waals surface area contributed by atoms with E-state index >= 15 is 0 Å². The number of nitrogens with zero attached hydrogens (tertiary/aromatic N) is 5. The quantitative estimate of drug-likeness (QED) is 0.610. The van der Waals surface area contributed by atoms with Crippen LogP contribution in [0.3, 0.4) is 0 Å². The number of hydrogen-bond donors (Lipinski definition) is 0. The van der Waals surface area contributed by atoms with Gasteiger partial charge in [0.25, 0.3) is 0 Å². The highest BCUT2D eigenvalue weighted by atomic mass is 32.2. The Morgan fingerprint density at radius 3 is 2.81 bits per heavy atom. The van der Waals surface area contributed by atoms with Crippen LogP contribution < -0.4 is 4.90 Å². The molecule has 0 N–H and O–H groups in total. The van der Waals surface area contributed by atoms with Crippen molar-refractivity contribution < 1.29 is 17.5 Å². The molecule has 8 nitrogen and oxygen atoms in total. The van der Waals surface area contributed by atoms with Crippen molar-refractivity contribution in [1.82, 2.24) is 19.5 Å². The lowest BCUT2D eigenvalue weighted by molar-refractivity contribution is 0.0985. The Kier molecular flexibility index (Phi) is 5.13. The number of hydrogen-bond acceptors (Lipinski definition) is 7. The number of anilines is 1. The number of fused-ring (bicyclic) bond motifs is 1. The minimum Gasteiger partial charge on any atom is -0.377 e. The lowest BCUT2D eigenvalue weighted by atomic mass is 10.2. The highest BCUT2D eigenvalue weighted by Crippen LogP contribution is 2.36. The number of morpholine rings is 1. The van der Waals surface area contributed by atoms with Crippen molar-refractivity contribution in [2.24, 2.45) is 0 Å². The molecule has 0 spiro atoms. The van der Waals surface area contributed by atoms with Crippen LogP contribution in [0.5, 0.6) is 0 Å². The van der Waals surface area contributed by atoms with Gasteiger partial charge in [0, 0.05) is 12.6 Å². The Balaban J connectivity index is 1.72. The zero-order chi connectivity index (χ0) is 21.6. The molecule has 10 heteroatoms. The Bertz CT molecular complexity index is 1230. The zero-order valence-electron chi connectivity index (χ0n) is 17.2. The van der Waals surface area contributed by atoms with Gasteiger partial charge in [-0.2, -0.15) is 4.98 Å². The minimum atomic E-state index is -3.28. The van der Waals surface area contributed by atoms with Crippen molar-refractivity contribution in [3.8, 4) is 5.95 Å². The molecular weight excluding hydrogens is 421 g/mol. The summed E-state index contributed by atoms with van der Waals surface area (Å²) in [5.74, 6) is 1.22. The number of aromatic nitrogens is 4. The molecule has 31 heavy (non-hydrogen) atoms. The molecule has 0 radical (unpaired) electrons. The smallest absolute Gasteiger partial charge is 0.237 e. The molecule has 2 aliphatic rings. The highest BCUT2D eigenvalue weighted by molar-refractivity contribution is 7.91. The van der Waals surface area contributed by atoms with Gasteiger partial charge in [-0.15, -0.1) is 0 Å². The molecule has 3 aromatic rings. The van der Waals surface area contributed by atoms with Gasteiger partial charge in [-0.05, 0) is 31.9 Å². The summed E-state index contributed by atoms with van der Waals surface area (Å²) >= 11 is 0. The fourth-order valence-corrected chi connectivity index (χ4v) is 6.30. The third-order valence-corrected chi connectivity index (χ3v) is 8.19. The molecule has 0 bridgehead atoms. The average Bonchev–Trinajstić information content (AvgIpc) is 3.32. The van der Waals surface area contributed by atoms with Gasteiger partial charge in [-0.3, -0.25) is 4.57 Å². The molecule has 2 saturated heterocycles. The van der Waals surface area contributed by atoms with Gasteiger partial charge in [0.05, 0.1) is 41.7 Å². The van der Waals surface area contributed by atoms with Crippen molar-refractivity contribution in [2.75, 3.05) is 30.4 Å². The second kappa shape index (κ2) is 7.83. The van der Waals surface area contributed by atoms with Gasteiger partial charge in [-0.1, -0.05) is 12.1 Å². The first kappa shape index (κ1) is 20.3. The number of halogens is 1. The standard InChI is InChI=1S/C21H24FN5O3S/c1-14-13-30-9-8-26(14)19-11-16(18-7-4-10-31(18,28)29)24-21(25-19)27-17-6-3-2-5-15(17)23-20(27)12-22/h2-3,5-6,11,14,18H,4,7-10,12-13H2,1H3/t14-,18+/m1/s1. The first-order chi connectivity index (χ1) is 15.0. The summed E-state index contributed by atoms with van der Waals surface area (Å²) in [6.45, 7) is 3.00. The number of rotatable bonds is 4. The van der Waals surface area contributed by atoms with E-state index in [1.54, 1.807) is 16.7 Å². The first-order valence-electron chi connectivity index (χ1n) is 10.5. The molecule has 2 fully saturated rings. The van der Waals surface area contributed by atoms with E-state index in [0.717, 1.165) is 0 Å². The van der Waals surface area contributed by atoms with Crippen LogP contribution in [0.2, 0.25) is 0 Å². The summed E-state index contributed by atoms with van der Waals surface area (Å²) < 4.78 is 46.4. The fourth-order valence-electron chi connectivity index (χ4n) is 4.43. The lowest BCUT2D eigenvalue weighted by Gasteiger charge is -2.34. The summed E-state index contributed by atoms with van der Waals surface area (Å²) in [4.78, 5) is 15.9. The van der Waals surface area contributed by atoms with Crippen LogP contribution in [0.25, 0.3) is 17.0 Å². The Morgan fingerprint density at radius 2 is 2.06 bits per heavy atom. The molecular formula is C21H24FN5O3S. The van der Waals surface area contributed by atoms with Crippen molar-refractivity contribution in [3.05, 3.63) is 41.9 Å². The Hall–Kier alpha value is -2.59. The van der Waals surface area contributed by atoms with Crippen LogP contribution in [0.4, 0.5) is 10.2 Å². The van der Waals surface area contributed by atoms with E-state index in [4.69, 9.17) is 9.72 Å². The van der Waals surface area contributed by atoms with Crippen LogP contribution in [0, 0.1) is 0 Å². The topological polar surface area (TPSA) is 90.2 Å². The third-order valence-electron chi connectivity index (χ3n) is 5.99. The van der Waals surface area contributed by atoms with E-state index in [0.29, 0.717) is 55.1 Å². The minimum absolute atomic E-state index is 0.0738. The predicted molar refractivity (Wildman–Crippen MR) is 115 cm³/mol. The number of ether oxygens (including phenoxy) is 1. The predicted octanol–water partition coefficient (Wildman–Crippen LogP) is 2.76. The molecule has 0 saturated carbocycles. The summed E-state index contributed by atoms with van der Waals surface area (Å²) in [5, 5.41) is -0.673. The third kappa shape index (κ3) is 3.57. The monoisotopic (exact) mass is 445 g/mol. The molecule has 0 aliphatic carbocycles. The number of sulfone groups is 1. The van der Waals surface area contributed by atoms with E-state index in [-0.39, 0.29) is 23.6 Å². The van der Waals surface area contributed by atoms with Gasteiger partial charge in [0.2, 0.25) is 5.95 Å². The Labute approximate surface area is 180 Å². The van der Waals surface area contributed by atoms with Crippen molar-refractivity contribution >= 4 is 26.7 Å². The molecule has 2 atom stereocenters. The first-order valence-corrected chi connectivity index (χ1v) is 12.2. The molecule has 1 aromatic carbocycles. The van der Waals surface area contributed by atoms with E-state index in [2.05, 4.69) is 14.9 Å². The molecule has 4 heterocycles. The average molecular weight is 446 g/mol. The molecule has 2 aliphatic heterocycles. The van der Waals surface area contributed by atoms with Gasteiger partial charge in [0.15, 0.2) is 9.84 Å². The van der Waals surface area contributed by atoms with Gasteiger partial charge in [0.1, 0.15) is 23.6 Å². The van der Waals surface area contributed by atoms with Crippen molar-refractivity contribution in [1.29, 1.82) is 0 Å². The molecule has 0 unspecified atom stereocenters. The summed E-state index contributed by atoms with van der Waals surface area (Å²) in [6, 6.07) is 9.17. The van der Waals surface area contributed by atoms with E-state index < -0.39 is 21.8 Å². The molecule has 5 rings (SSSR count). The zero-order valence-corrected chi connectivity index (χ0v) is 18.1. The maximum absolute atomic E-state index is 13.9. The Morgan fingerprint density at radius 1 is 1.23 bits per heavy atom. The second-order valence-electron chi connectivity index (χ2n) is 8.05.